The molecule has 1 aromatic rings. The highest BCUT2D eigenvalue weighted by molar-refractivity contribution is 9.10. The summed E-state index contributed by atoms with van der Waals surface area (Å²) in [4.78, 5) is 2.40. The third kappa shape index (κ3) is 3.96. The maximum Gasteiger partial charge on any atom is 0.127 e. The molecule has 20 heavy (non-hydrogen) atoms. The van der Waals surface area contributed by atoms with Crippen molar-refractivity contribution in [3.8, 4) is 5.75 Å². The number of nitrogens with one attached hydrogen (secondary N) is 1. The van der Waals surface area contributed by atoms with Crippen LogP contribution in [0.1, 0.15) is 31.4 Å². The van der Waals surface area contributed by atoms with Crippen LogP contribution in [0, 0.1) is 0 Å². The summed E-state index contributed by atoms with van der Waals surface area (Å²) >= 11 is 3.58. The van der Waals surface area contributed by atoms with E-state index in [1.807, 2.05) is 0 Å². The Bertz CT molecular complexity index is 450. The van der Waals surface area contributed by atoms with E-state index in [2.05, 4.69) is 59.2 Å². The van der Waals surface area contributed by atoms with Crippen molar-refractivity contribution < 1.29 is 4.74 Å². The van der Waals surface area contributed by atoms with Crippen LogP contribution in [-0.4, -0.2) is 37.7 Å². The van der Waals surface area contributed by atoms with E-state index in [4.69, 9.17) is 4.74 Å². The maximum absolute atomic E-state index is 5.75. The molecule has 0 bridgehead atoms. The molecule has 1 heterocycles. The van der Waals surface area contributed by atoms with Crippen LogP contribution in [-0.2, 0) is 13.0 Å². The maximum atomic E-state index is 5.75. The fraction of sp³-hybridized carbons (Fsp3) is 0.625. The zero-order valence-electron chi connectivity index (χ0n) is 12.7. The molecule has 0 aromatic heterocycles. The van der Waals surface area contributed by atoms with Crippen LogP contribution >= 0.6 is 15.9 Å². The first-order valence-corrected chi connectivity index (χ1v) is 8.26. The summed E-state index contributed by atoms with van der Waals surface area (Å²) in [6.45, 7) is 8.27. The molecular weight excluding hydrogens is 316 g/mol. The monoisotopic (exact) mass is 340 g/mol. The Balaban J connectivity index is 1.83. The molecule has 1 N–H and O–H groups in total. The zero-order valence-corrected chi connectivity index (χ0v) is 14.3. The van der Waals surface area contributed by atoms with Gasteiger partial charge >= 0.3 is 0 Å². The number of hydrogen-bond acceptors (Lipinski definition) is 3. The third-order valence-corrected chi connectivity index (χ3v) is 4.58. The molecule has 1 aliphatic heterocycles. The van der Waals surface area contributed by atoms with Gasteiger partial charge in [0.2, 0.25) is 0 Å². The molecule has 1 aliphatic rings. The molecule has 0 spiro atoms. The molecule has 0 radical (unpaired) electrons. The quantitative estimate of drug-likeness (QED) is 0.771. The molecular formula is C16H25BrN2O. The number of halogens is 1. The zero-order chi connectivity index (χ0) is 14.5. The van der Waals surface area contributed by atoms with E-state index in [0.29, 0.717) is 6.04 Å². The molecule has 1 unspecified atom stereocenters. The van der Waals surface area contributed by atoms with Gasteiger partial charge < -0.3 is 15.0 Å². The van der Waals surface area contributed by atoms with Gasteiger partial charge in [0.25, 0.3) is 0 Å². The summed E-state index contributed by atoms with van der Waals surface area (Å²) in [6.07, 6.45) is 2.22. The van der Waals surface area contributed by atoms with E-state index < -0.39 is 0 Å². The number of rotatable bonds is 7. The highest BCUT2D eigenvalue weighted by atomic mass is 79.9. The Morgan fingerprint density at radius 2 is 2.25 bits per heavy atom. The van der Waals surface area contributed by atoms with Gasteiger partial charge in [-0.25, -0.2) is 0 Å². The number of hydrogen-bond donors (Lipinski definition) is 1. The first-order valence-electron chi connectivity index (χ1n) is 7.47. The van der Waals surface area contributed by atoms with Crippen molar-refractivity contribution >= 4 is 15.9 Å². The van der Waals surface area contributed by atoms with Crippen molar-refractivity contribution in [3.05, 3.63) is 27.7 Å². The Morgan fingerprint density at radius 1 is 1.45 bits per heavy atom. The molecule has 0 fully saturated rings. The van der Waals surface area contributed by atoms with Gasteiger partial charge in [0.1, 0.15) is 5.75 Å². The average Bonchev–Trinajstić information content (AvgIpc) is 2.90. The highest BCUT2D eigenvalue weighted by Crippen LogP contribution is 2.32. The number of nitrogens with zero attached hydrogens (tertiary/aromatic N) is 1. The number of ether oxygens (including phenoxy) is 1. The van der Waals surface area contributed by atoms with E-state index in [9.17, 15) is 0 Å². The van der Waals surface area contributed by atoms with E-state index in [1.165, 1.54) is 17.5 Å². The molecule has 0 saturated carbocycles. The summed E-state index contributed by atoms with van der Waals surface area (Å²) < 4.78 is 6.90. The van der Waals surface area contributed by atoms with Crippen molar-refractivity contribution in [2.24, 2.45) is 0 Å². The van der Waals surface area contributed by atoms with Gasteiger partial charge in [-0.05, 0) is 38.1 Å². The van der Waals surface area contributed by atoms with E-state index in [0.717, 1.165) is 42.9 Å². The van der Waals surface area contributed by atoms with Gasteiger partial charge in [-0.3, -0.25) is 0 Å². The Morgan fingerprint density at radius 3 is 3.00 bits per heavy atom. The number of benzene rings is 1. The minimum absolute atomic E-state index is 0.648. The normalized spacial score (nSPS) is 15.2. The van der Waals surface area contributed by atoms with Crippen molar-refractivity contribution in [3.63, 3.8) is 0 Å². The Hall–Kier alpha value is -0.580. The second kappa shape index (κ2) is 7.43. The minimum atomic E-state index is 0.648. The summed E-state index contributed by atoms with van der Waals surface area (Å²) in [6, 6.07) is 4.98. The summed E-state index contributed by atoms with van der Waals surface area (Å²) in [5.74, 6) is 1.09. The topological polar surface area (TPSA) is 24.5 Å². The van der Waals surface area contributed by atoms with Crippen molar-refractivity contribution in [1.82, 2.24) is 10.2 Å². The van der Waals surface area contributed by atoms with Crippen LogP contribution in [0.25, 0.3) is 0 Å². The second-order valence-electron chi connectivity index (χ2n) is 5.57. The van der Waals surface area contributed by atoms with Gasteiger partial charge in [-0.2, -0.15) is 0 Å². The molecule has 0 aliphatic carbocycles. The summed E-state index contributed by atoms with van der Waals surface area (Å²) in [5.41, 5.74) is 2.59. The van der Waals surface area contributed by atoms with Crippen LogP contribution in [0.3, 0.4) is 0 Å². The lowest BCUT2D eigenvalue weighted by Crippen LogP contribution is -2.34. The predicted molar refractivity (Wildman–Crippen MR) is 87.4 cm³/mol. The molecule has 0 saturated heterocycles. The van der Waals surface area contributed by atoms with Crippen LogP contribution < -0.4 is 10.1 Å². The smallest absolute Gasteiger partial charge is 0.127 e. The average molecular weight is 341 g/mol. The van der Waals surface area contributed by atoms with Crippen molar-refractivity contribution in [2.45, 2.75) is 39.3 Å². The molecule has 2 rings (SSSR count). The minimum Gasteiger partial charge on any atom is -0.493 e. The van der Waals surface area contributed by atoms with Crippen LogP contribution in [0.2, 0.25) is 0 Å². The first kappa shape index (κ1) is 15.8. The van der Waals surface area contributed by atoms with Gasteiger partial charge in [0.15, 0.2) is 0 Å². The standard InChI is InChI=1S/C16H25BrN2O/c1-4-12(2)19(3)7-6-18-11-14-10-15(17)9-13-5-8-20-16(13)14/h9-10,12,18H,4-8,11H2,1-3H3. The molecule has 1 atom stereocenters. The van der Waals surface area contributed by atoms with E-state index in [1.54, 1.807) is 0 Å². The number of likely N-dealkylation sites (N-methyl/N-ethyl adjacent to an activating group) is 1. The second-order valence-corrected chi connectivity index (χ2v) is 6.48. The van der Waals surface area contributed by atoms with E-state index >= 15 is 0 Å². The lowest BCUT2D eigenvalue weighted by Gasteiger charge is -2.23. The lowest BCUT2D eigenvalue weighted by atomic mass is 10.1. The number of fused-ring (bicyclic) bond motifs is 1. The Labute approximate surface area is 130 Å². The largest absolute Gasteiger partial charge is 0.493 e. The van der Waals surface area contributed by atoms with Gasteiger partial charge in [0, 0.05) is 42.1 Å². The third-order valence-electron chi connectivity index (χ3n) is 4.13. The SMILES string of the molecule is CCC(C)N(C)CCNCc1cc(Br)cc2c1OCC2. The van der Waals surface area contributed by atoms with Gasteiger partial charge in [-0.15, -0.1) is 0 Å². The lowest BCUT2D eigenvalue weighted by molar-refractivity contribution is 0.251. The molecule has 4 heteroatoms. The highest BCUT2D eigenvalue weighted by Gasteiger charge is 2.17. The van der Waals surface area contributed by atoms with Gasteiger partial charge in [-0.1, -0.05) is 22.9 Å². The first-order chi connectivity index (χ1) is 9.61. The van der Waals surface area contributed by atoms with E-state index in [-0.39, 0.29) is 0 Å². The van der Waals surface area contributed by atoms with Crippen molar-refractivity contribution in [2.75, 3.05) is 26.7 Å². The molecule has 3 nitrogen and oxygen atoms in total. The summed E-state index contributed by atoms with van der Waals surface area (Å²) in [7, 11) is 2.19. The summed E-state index contributed by atoms with van der Waals surface area (Å²) in [5, 5.41) is 3.53. The van der Waals surface area contributed by atoms with Crippen LogP contribution in [0.15, 0.2) is 16.6 Å². The molecule has 0 amide bonds. The van der Waals surface area contributed by atoms with Crippen LogP contribution in [0.5, 0.6) is 5.75 Å². The Kier molecular flexibility index (Phi) is 5.87. The van der Waals surface area contributed by atoms with Crippen molar-refractivity contribution in [1.29, 1.82) is 0 Å². The van der Waals surface area contributed by atoms with Gasteiger partial charge in [0.05, 0.1) is 6.61 Å². The molecule has 112 valence electrons. The fourth-order valence-electron chi connectivity index (χ4n) is 2.49. The van der Waals surface area contributed by atoms with Crippen LogP contribution in [0.4, 0.5) is 0 Å². The molecule has 1 aromatic carbocycles. The fourth-order valence-corrected chi connectivity index (χ4v) is 3.04. The predicted octanol–water partition coefficient (Wildman–Crippen LogP) is 3.20.